The molecule has 2 N–H and O–H groups in total. The van der Waals surface area contributed by atoms with Crippen LogP contribution in [0.25, 0.3) is 0 Å². The van der Waals surface area contributed by atoms with Crippen molar-refractivity contribution in [3.05, 3.63) is 48.0 Å². The van der Waals surface area contributed by atoms with E-state index in [9.17, 15) is 24.2 Å². The van der Waals surface area contributed by atoms with Crippen molar-refractivity contribution in [1.29, 1.82) is 0 Å². The summed E-state index contributed by atoms with van der Waals surface area (Å²) >= 11 is 0. The number of nitrogens with zero attached hydrogens (tertiary/aromatic N) is 1. The Hall–Kier alpha value is -0.795. The molecule has 0 saturated heterocycles. The van der Waals surface area contributed by atoms with Crippen molar-refractivity contribution in [2.45, 2.75) is 50.7 Å². The Balaban J connectivity index is 0.00000480. The van der Waals surface area contributed by atoms with Crippen molar-refractivity contribution in [1.82, 2.24) is 4.90 Å². The van der Waals surface area contributed by atoms with Gasteiger partial charge in [-0.15, -0.1) is 0 Å². The number of benzene rings is 1. The molecule has 1 amide bonds. The zero-order chi connectivity index (χ0) is 22.0. The molecule has 0 radical (unpaired) electrons. The Bertz CT molecular complexity index is 781. The molecule has 2 rings (SSSR count). The van der Waals surface area contributed by atoms with E-state index in [1.165, 1.54) is 12.2 Å². The zero-order valence-electron chi connectivity index (χ0n) is 19.0. The van der Waals surface area contributed by atoms with Gasteiger partial charge in [0.05, 0.1) is 12.0 Å². The molecule has 0 aromatic heterocycles. The molecule has 1 aliphatic heterocycles. The monoisotopic (exact) mass is 450 g/mol. The summed E-state index contributed by atoms with van der Waals surface area (Å²) in [7, 11) is -4.27. The van der Waals surface area contributed by atoms with E-state index in [1.54, 1.807) is 0 Å². The van der Waals surface area contributed by atoms with E-state index in [4.69, 9.17) is 10.3 Å². The second kappa shape index (κ2) is 15.9. The van der Waals surface area contributed by atoms with E-state index >= 15 is 0 Å². The van der Waals surface area contributed by atoms with Crippen LogP contribution in [0.5, 0.6) is 0 Å². The van der Waals surface area contributed by atoms with Gasteiger partial charge in [0, 0.05) is 12.7 Å². The zero-order valence-corrected chi connectivity index (χ0v) is 19.9. The number of carbonyl (C=O) groups is 2. The molecule has 1 aromatic carbocycles. The minimum Gasteiger partial charge on any atom is -0.778 e. The molecule has 1 heterocycles. The minimum atomic E-state index is -4.27. The van der Waals surface area contributed by atoms with E-state index in [0.717, 1.165) is 16.9 Å². The smallest absolute Gasteiger partial charge is 0.778 e. The van der Waals surface area contributed by atoms with Crippen molar-refractivity contribution in [2.75, 3.05) is 19.3 Å². The van der Waals surface area contributed by atoms with E-state index in [-0.39, 0.29) is 56.8 Å². The average molecular weight is 450 g/mol. The first-order valence-electron chi connectivity index (χ1n) is 10.2. The topological polar surface area (TPSA) is 136 Å². The molecule has 166 valence electrons. The van der Waals surface area contributed by atoms with Crippen LogP contribution in [0.2, 0.25) is 0 Å². The third-order valence-corrected chi connectivity index (χ3v) is 6.39. The fraction of sp³-hybridized carbons (Fsp3) is 0.524. The van der Waals surface area contributed by atoms with E-state index in [2.05, 4.69) is 0 Å². The summed E-state index contributed by atoms with van der Waals surface area (Å²) in [6.07, 6.45) is 4.56. The normalized spacial score (nSPS) is 17.7. The molecule has 1 unspecified atom stereocenters. The summed E-state index contributed by atoms with van der Waals surface area (Å²) in [6.45, 7) is 0.483. The Morgan fingerprint density at radius 2 is 1.84 bits per heavy atom. The molecule has 0 bridgehead atoms. The van der Waals surface area contributed by atoms with Crippen LogP contribution < -0.4 is 53.5 Å². The number of nitrogens with two attached hydrogens (primary N) is 1. The molecule has 1 aliphatic rings. The third kappa shape index (κ3) is 10.4. The van der Waals surface area contributed by atoms with Crippen molar-refractivity contribution in [2.24, 2.45) is 5.73 Å². The van der Waals surface area contributed by atoms with Gasteiger partial charge in [-0.3, -0.25) is 4.79 Å². The molecule has 1 aromatic rings. The maximum absolute atomic E-state index is 12.8. The van der Waals surface area contributed by atoms with Crippen LogP contribution in [-0.2, 0) is 25.1 Å². The fourth-order valence-electron chi connectivity index (χ4n) is 3.36. The van der Waals surface area contributed by atoms with Gasteiger partial charge >= 0.3 is 37.7 Å². The molecule has 32 heavy (non-hydrogen) atoms. The quantitative estimate of drug-likeness (QED) is 0.137. The Kier molecular flexibility index (Phi) is 15.5. The van der Waals surface area contributed by atoms with Crippen LogP contribution in [0.15, 0.2) is 42.5 Å². The minimum absolute atomic E-state index is 0. The number of rotatable bonds is 13. The first-order valence-corrected chi connectivity index (χ1v) is 12.0. The number of carboxylic acid groups (broad SMARTS) is 1. The van der Waals surface area contributed by atoms with Crippen molar-refractivity contribution in [3.63, 3.8) is 0 Å². The SMILES string of the molecule is NCCCC[C@H](OP(=O)([O-])CCCCc1ccccc1)C(=O)N1CC=C[C@H]1C(=O)[O-].[Li+].[Li+]. The number of carboxylic acids is 1. The first kappa shape index (κ1) is 31.2. The molecule has 11 heteroatoms. The van der Waals surface area contributed by atoms with Crippen molar-refractivity contribution in [3.8, 4) is 0 Å². The fourth-order valence-corrected chi connectivity index (χ4v) is 4.66. The largest absolute Gasteiger partial charge is 1.00 e. The van der Waals surface area contributed by atoms with E-state index < -0.39 is 31.6 Å². The van der Waals surface area contributed by atoms with Crippen molar-refractivity contribution >= 4 is 19.5 Å². The second-order valence-electron chi connectivity index (χ2n) is 7.34. The van der Waals surface area contributed by atoms with Crippen LogP contribution in [0.3, 0.4) is 0 Å². The van der Waals surface area contributed by atoms with E-state index in [1.807, 2.05) is 30.3 Å². The predicted octanol–water partition coefficient (Wildman–Crippen LogP) is -5.40. The maximum atomic E-state index is 12.8. The van der Waals surface area contributed by atoms with Crippen LogP contribution in [0.1, 0.15) is 37.7 Å². The van der Waals surface area contributed by atoms with Gasteiger partial charge in [0.25, 0.3) is 5.91 Å². The number of amides is 1. The van der Waals surface area contributed by atoms with Gasteiger partial charge in [-0.05, 0) is 50.6 Å². The summed E-state index contributed by atoms with van der Waals surface area (Å²) < 4.78 is 17.8. The summed E-state index contributed by atoms with van der Waals surface area (Å²) in [4.78, 5) is 37.6. The number of hydrogen-bond acceptors (Lipinski definition) is 7. The summed E-state index contributed by atoms with van der Waals surface area (Å²) in [5.74, 6) is -2.07. The van der Waals surface area contributed by atoms with Crippen LogP contribution in [0.4, 0.5) is 0 Å². The molecular formula is C21H29Li2N2O6P. The summed E-state index contributed by atoms with van der Waals surface area (Å²) in [5.41, 5.74) is 6.61. The summed E-state index contributed by atoms with van der Waals surface area (Å²) in [6, 6.07) is 8.54. The van der Waals surface area contributed by atoms with Gasteiger partial charge < -0.3 is 34.5 Å². The third-order valence-electron chi connectivity index (χ3n) is 4.95. The number of carbonyl (C=O) groups excluding carboxylic acids is 2. The molecule has 0 saturated carbocycles. The van der Waals surface area contributed by atoms with Gasteiger partial charge in [-0.25, -0.2) is 0 Å². The Labute approximate surface area is 213 Å². The van der Waals surface area contributed by atoms with Gasteiger partial charge in [0.1, 0.15) is 13.7 Å². The maximum Gasteiger partial charge on any atom is 1.00 e. The van der Waals surface area contributed by atoms with Gasteiger partial charge in [0.15, 0.2) is 0 Å². The molecule has 3 atom stereocenters. The van der Waals surface area contributed by atoms with Gasteiger partial charge in [0.2, 0.25) is 0 Å². The predicted molar refractivity (Wildman–Crippen MR) is 109 cm³/mol. The van der Waals surface area contributed by atoms with Gasteiger partial charge in [-0.2, -0.15) is 0 Å². The van der Waals surface area contributed by atoms with Crippen LogP contribution in [0, 0.1) is 0 Å². The number of aryl methyl sites for hydroxylation is 1. The molecule has 8 nitrogen and oxygen atoms in total. The first-order chi connectivity index (χ1) is 14.3. The van der Waals surface area contributed by atoms with Crippen LogP contribution in [-0.4, -0.2) is 48.2 Å². The Morgan fingerprint density at radius 3 is 2.47 bits per heavy atom. The Morgan fingerprint density at radius 1 is 1.16 bits per heavy atom. The molecule has 0 spiro atoms. The average Bonchev–Trinajstić information content (AvgIpc) is 3.21. The second-order valence-corrected chi connectivity index (χ2v) is 9.22. The molecule has 0 aliphatic carbocycles. The number of hydrogen-bond donors (Lipinski definition) is 1. The summed E-state index contributed by atoms with van der Waals surface area (Å²) in [5, 5.41) is 11.2. The van der Waals surface area contributed by atoms with Gasteiger partial charge in [-0.1, -0.05) is 42.5 Å². The number of unbranched alkanes of at least 4 members (excludes halogenated alkanes) is 2. The van der Waals surface area contributed by atoms with E-state index in [0.29, 0.717) is 32.2 Å². The van der Waals surface area contributed by atoms with Crippen molar-refractivity contribution < 1.29 is 66.4 Å². The van der Waals surface area contributed by atoms with Crippen LogP contribution >= 0.6 is 7.60 Å². The number of aliphatic carboxylic acids is 1. The molecule has 0 fully saturated rings. The standard InChI is InChI=1S/C21H31N2O6P.2Li/c22-14-6-4-13-19(20(24)23-15-8-12-18(23)21(25)26)29-30(27,28)16-7-5-11-17-9-2-1-3-10-17;;/h1-3,8-10,12,18-19H,4-7,11,13-16,22H2,(H,25,26)(H,27,28);;/q;2*+1/p-2/t18-,19-;;/m0../s1. The molecular weight excluding hydrogens is 421 g/mol.